The van der Waals surface area contributed by atoms with E-state index in [9.17, 15) is 0 Å². The van der Waals surface area contributed by atoms with Crippen molar-refractivity contribution in [2.45, 2.75) is 33.0 Å². The molecule has 0 spiro atoms. The van der Waals surface area contributed by atoms with Gasteiger partial charge in [0.2, 0.25) is 0 Å². The van der Waals surface area contributed by atoms with E-state index in [2.05, 4.69) is 40.6 Å². The summed E-state index contributed by atoms with van der Waals surface area (Å²) in [4.78, 5) is 6.52. The fraction of sp³-hybridized carbons (Fsp3) is 0.500. The minimum absolute atomic E-state index is 0.813. The van der Waals surface area contributed by atoms with Gasteiger partial charge in [0.05, 0.1) is 24.0 Å². The van der Waals surface area contributed by atoms with E-state index in [4.69, 9.17) is 4.42 Å². The van der Waals surface area contributed by atoms with E-state index < -0.39 is 0 Å². The molecule has 2 heterocycles. The second kappa shape index (κ2) is 7.43. The van der Waals surface area contributed by atoms with E-state index in [-0.39, 0.29) is 0 Å². The molecule has 19 heavy (non-hydrogen) atoms. The van der Waals surface area contributed by atoms with Gasteiger partial charge in [-0.3, -0.25) is 4.90 Å². The van der Waals surface area contributed by atoms with Crippen LogP contribution in [0.25, 0.3) is 0 Å². The van der Waals surface area contributed by atoms with Crippen molar-refractivity contribution in [3.8, 4) is 0 Å². The van der Waals surface area contributed by atoms with Gasteiger partial charge < -0.3 is 9.73 Å². The fourth-order valence-corrected chi connectivity index (χ4v) is 2.51. The molecule has 2 aromatic rings. The second-order valence-corrected chi connectivity index (χ2v) is 5.42. The summed E-state index contributed by atoms with van der Waals surface area (Å²) >= 11 is 1.64. The highest BCUT2D eigenvalue weighted by Gasteiger charge is 2.10. The lowest BCUT2D eigenvalue weighted by molar-refractivity contribution is 0.283. The highest BCUT2D eigenvalue weighted by Crippen LogP contribution is 2.14. The van der Waals surface area contributed by atoms with Gasteiger partial charge in [-0.2, -0.15) is 0 Å². The maximum Gasteiger partial charge on any atom is 0.122 e. The molecule has 0 amide bonds. The van der Waals surface area contributed by atoms with Crippen LogP contribution < -0.4 is 5.32 Å². The monoisotopic (exact) mass is 279 g/mol. The van der Waals surface area contributed by atoms with Crippen LogP contribution in [0.4, 0.5) is 0 Å². The predicted octanol–water partition coefficient (Wildman–Crippen LogP) is 2.87. The van der Waals surface area contributed by atoms with Gasteiger partial charge >= 0.3 is 0 Å². The van der Waals surface area contributed by atoms with E-state index in [0.717, 1.165) is 44.1 Å². The Labute approximate surface area is 118 Å². The predicted molar refractivity (Wildman–Crippen MR) is 78.0 cm³/mol. The Bertz CT molecular complexity index is 467. The topological polar surface area (TPSA) is 41.3 Å². The third-order valence-corrected chi connectivity index (χ3v) is 3.54. The fourth-order valence-electron chi connectivity index (χ4n) is 1.96. The number of nitrogens with one attached hydrogen (secondary N) is 1. The lowest BCUT2D eigenvalue weighted by Gasteiger charge is -2.14. The Morgan fingerprint density at radius 1 is 1.42 bits per heavy atom. The van der Waals surface area contributed by atoms with Crippen LogP contribution in [0.5, 0.6) is 0 Å². The minimum Gasteiger partial charge on any atom is -0.468 e. The van der Waals surface area contributed by atoms with Gasteiger partial charge in [0.15, 0.2) is 0 Å². The number of hydrogen-bond acceptors (Lipinski definition) is 5. The van der Waals surface area contributed by atoms with Crippen LogP contribution in [0, 0.1) is 0 Å². The van der Waals surface area contributed by atoms with E-state index in [0.29, 0.717) is 0 Å². The van der Waals surface area contributed by atoms with Gasteiger partial charge in [0, 0.05) is 24.0 Å². The molecule has 0 atom stereocenters. The van der Waals surface area contributed by atoms with Crippen LogP contribution in [-0.2, 0) is 19.6 Å². The standard InChI is InChI=1S/C14H21N3OS/c1-3-5-15-7-12-4-6-18-14(12)9-17(2)8-13-10-19-11-16-13/h4,6,10-11,15H,3,5,7-9H2,1-2H3. The van der Waals surface area contributed by atoms with Crippen molar-refractivity contribution in [2.75, 3.05) is 13.6 Å². The molecular formula is C14H21N3OS. The van der Waals surface area contributed by atoms with E-state index in [1.807, 2.05) is 5.51 Å². The van der Waals surface area contributed by atoms with Crippen LogP contribution >= 0.6 is 11.3 Å². The van der Waals surface area contributed by atoms with Crippen molar-refractivity contribution in [3.63, 3.8) is 0 Å². The molecule has 0 unspecified atom stereocenters. The number of nitrogens with zero attached hydrogens (tertiary/aromatic N) is 2. The highest BCUT2D eigenvalue weighted by molar-refractivity contribution is 7.07. The Kier molecular flexibility index (Phi) is 5.57. The van der Waals surface area contributed by atoms with Crippen molar-refractivity contribution < 1.29 is 4.42 Å². The Hall–Kier alpha value is -1.17. The smallest absolute Gasteiger partial charge is 0.122 e. The van der Waals surface area contributed by atoms with E-state index in [1.54, 1.807) is 17.6 Å². The lowest BCUT2D eigenvalue weighted by atomic mass is 10.2. The van der Waals surface area contributed by atoms with Crippen LogP contribution in [0.2, 0.25) is 0 Å². The number of hydrogen-bond donors (Lipinski definition) is 1. The van der Waals surface area contributed by atoms with Crippen LogP contribution in [0.1, 0.15) is 30.4 Å². The zero-order valence-corrected chi connectivity index (χ0v) is 12.4. The van der Waals surface area contributed by atoms with Crippen molar-refractivity contribution in [2.24, 2.45) is 0 Å². The second-order valence-electron chi connectivity index (χ2n) is 4.70. The first-order valence-corrected chi connectivity index (χ1v) is 7.55. The Morgan fingerprint density at radius 3 is 3.05 bits per heavy atom. The van der Waals surface area contributed by atoms with Gasteiger partial charge in [-0.25, -0.2) is 4.98 Å². The zero-order chi connectivity index (χ0) is 13.5. The number of aromatic nitrogens is 1. The summed E-state index contributed by atoms with van der Waals surface area (Å²) < 4.78 is 5.59. The molecule has 0 aromatic carbocycles. The van der Waals surface area contributed by atoms with Crippen LogP contribution in [0.3, 0.4) is 0 Å². The highest BCUT2D eigenvalue weighted by atomic mass is 32.1. The van der Waals surface area contributed by atoms with Gasteiger partial charge in [0.25, 0.3) is 0 Å². The van der Waals surface area contributed by atoms with E-state index in [1.165, 1.54) is 5.56 Å². The Balaban J connectivity index is 1.86. The molecule has 0 aliphatic heterocycles. The normalized spacial score (nSPS) is 11.3. The molecule has 2 aromatic heterocycles. The summed E-state index contributed by atoms with van der Waals surface area (Å²) in [6, 6.07) is 2.05. The zero-order valence-electron chi connectivity index (χ0n) is 11.6. The van der Waals surface area contributed by atoms with Gasteiger partial charge in [-0.1, -0.05) is 6.92 Å². The quantitative estimate of drug-likeness (QED) is 0.754. The van der Waals surface area contributed by atoms with E-state index >= 15 is 0 Å². The van der Waals surface area contributed by atoms with Gasteiger partial charge in [-0.15, -0.1) is 11.3 Å². The average molecular weight is 279 g/mol. The van der Waals surface area contributed by atoms with Crippen molar-refractivity contribution in [1.29, 1.82) is 0 Å². The number of thiazole rings is 1. The molecule has 0 aliphatic carbocycles. The summed E-state index contributed by atoms with van der Waals surface area (Å²) in [5.74, 6) is 1.04. The first kappa shape index (κ1) is 14.2. The summed E-state index contributed by atoms with van der Waals surface area (Å²) in [5, 5.41) is 5.49. The molecule has 0 fully saturated rings. The van der Waals surface area contributed by atoms with Crippen molar-refractivity contribution in [1.82, 2.24) is 15.2 Å². The maximum atomic E-state index is 5.59. The molecule has 0 radical (unpaired) electrons. The van der Waals surface area contributed by atoms with Crippen molar-refractivity contribution in [3.05, 3.63) is 40.2 Å². The maximum absolute atomic E-state index is 5.59. The van der Waals surface area contributed by atoms with Gasteiger partial charge in [-0.05, 0) is 26.1 Å². The first-order valence-electron chi connectivity index (χ1n) is 6.61. The third-order valence-electron chi connectivity index (χ3n) is 2.91. The molecular weight excluding hydrogens is 258 g/mol. The molecule has 0 saturated heterocycles. The largest absolute Gasteiger partial charge is 0.468 e. The molecule has 0 saturated carbocycles. The summed E-state index contributed by atoms with van der Waals surface area (Å²) in [5.41, 5.74) is 4.24. The molecule has 4 nitrogen and oxygen atoms in total. The molecule has 1 N–H and O–H groups in total. The molecule has 104 valence electrons. The Morgan fingerprint density at radius 2 is 2.32 bits per heavy atom. The number of furan rings is 1. The van der Waals surface area contributed by atoms with Crippen LogP contribution in [-0.4, -0.2) is 23.5 Å². The van der Waals surface area contributed by atoms with Crippen LogP contribution in [0.15, 0.2) is 27.6 Å². The molecule has 5 heteroatoms. The minimum atomic E-state index is 0.813. The SMILES string of the molecule is CCCNCc1ccoc1CN(C)Cc1cscn1. The summed E-state index contributed by atoms with van der Waals surface area (Å²) in [7, 11) is 2.09. The van der Waals surface area contributed by atoms with Crippen molar-refractivity contribution >= 4 is 11.3 Å². The third kappa shape index (κ3) is 4.45. The first-order chi connectivity index (χ1) is 9.29. The molecule has 0 aliphatic rings. The number of rotatable bonds is 8. The molecule has 2 rings (SSSR count). The summed E-state index contributed by atoms with van der Waals surface area (Å²) in [6.45, 7) is 5.76. The average Bonchev–Trinajstić information content (AvgIpc) is 3.02. The molecule has 0 bridgehead atoms. The summed E-state index contributed by atoms with van der Waals surface area (Å²) in [6.07, 6.45) is 2.92. The van der Waals surface area contributed by atoms with Gasteiger partial charge in [0.1, 0.15) is 5.76 Å². The lowest BCUT2D eigenvalue weighted by Crippen LogP contribution is -2.19.